The fraction of sp³-hybridized carbons (Fsp3) is 0.364. The SMILES string of the molecule is Cc1cc(NC(=O)Cc2oc(C)nc2C)no1. The Kier molecular flexibility index (Phi) is 2.95. The van der Waals surface area contributed by atoms with Crippen LogP contribution < -0.4 is 5.32 Å². The highest BCUT2D eigenvalue weighted by Crippen LogP contribution is 2.12. The fourth-order valence-electron chi connectivity index (χ4n) is 1.50. The molecule has 6 heteroatoms. The zero-order valence-corrected chi connectivity index (χ0v) is 9.90. The monoisotopic (exact) mass is 235 g/mol. The molecule has 2 aromatic heterocycles. The summed E-state index contributed by atoms with van der Waals surface area (Å²) in [5.74, 6) is 1.97. The van der Waals surface area contributed by atoms with Crippen LogP contribution in [0.2, 0.25) is 0 Å². The zero-order valence-electron chi connectivity index (χ0n) is 9.90. The Balaban J connectivity index is 2.00. The molecule has 0 unspecified atom stereocenters. The van der Waals surface area contributed by atoms with Crippen molar-refractivity contribution in [3.8, 4) is 0 Å². The van der Waals surface area contributed by atoms with E-state index < -0.39 is 0 Å². The van der Waals surface area contributed by atoms with E-state index in [1.54, 1.807) is 26.8 Å². The molecule has 2 heterocycles. The van der Waals surface area contributed by atoms with Crippen molar-refractivity contribution < 1.29 is 13.7 Å². The second kappa shape index (κ2) is 4.40. The molecule has 0 saturated heterocycles. The van der Waals surface area contributed by atoms with Crippen LogP contribution in [0.1, 0.15) is 23.1 Å². The third kappa shape index (κ3) is 2.72. The molecule has 0 spiro atoms. The van der Waals surface area contributed by atoms with Crippen molar-refractivity contribution in [1.82, 2.24) is 10.1 Å². The van der Waals surface area contributed by atoms with Gasteiger partial charge in [-0.15, -0.1) is 0 Å². The summed E-state index contributed by atoms with van der Waals surface area (Å²) in [7, 11) is 0. The van der Waals surface area contributed by atoms with Gasteiger partial charge in [0.1, 0.15) is 11.5 Å². The average Bonchev–Trinajstić information content (AvgIpc) is 2.74. The van der Waals surface area contributed by atoms with Gasteiger partial charge in [0.15, 0.2) is 11.7 Å². The number of amides is 1. The molecule has 90 valence electrons. The Morgan fingerprint density at radius 2 is 2.18 bits per heavy atom. The largest absolute Gasteiger partial charge is 0.445 e. The number of nitrogens with one attached hydrogen (secondary N) is 1. The van der Waals surface area contributed by atoms with E-state index in [4.69, 9.17) is 8.94 Å². The summed E-state index contributed by atoms with van der Waals surface area (Å²) >= 11 is 0. The fourth-order valence-corrected chi connectivity index (χ4v) is 1.50. The number of anilines is 1. The zero-order chi connectivity index (χ0) is 12.4. The molecule has 0 saturated carbocycles. The highest BCUT2D eigenvalue weighted by atomic mass is 16.5. The molecule has 0 aromatic carbocycles. The predicted octanol–water partition coefficient (Wildman–Crippen LogP) is 1.77. The molecule has 6 nitrogen and oxygen atoms in total. The van der Waals surface area contributed by atoms with E-state index in [1.165, 1.54) is 0 Å². The number of aryl methyl sites for hydroxylation is 3. The van der Waals surface area contributed by atoms with Gasteiger partial charge in [0.05, 0.1) is 12.1 Å². The van der Waals surface area contributed by atoms with Gasteiger partial charge in [0.2, 0.25) is 5.91 Å². The van der Waals surface area contributed by atoms with Gasteiger partial charge in [-0.1, -0.05) is 5.16 Å². The minimum Gasteiger partial charge on any atom is -0.445 e. The topological polar surface area (TPSA) is 81.2 Å². The van der Waals surface area contributed by atoms with Crippen molar-refractivity contribution >= 4 is 11.7 Å². The highest BCUT2D eigenvalue weighted by molar-refractivity contribution is 5.91. The number of carbonyl (C=O) groups excluding carboxylic acids is 1. The summed E-state index contributed by atoms with van der Waals surface area (Å²) in [6, 6.07) is 1.65. The van der Waals surface area contributed by atoms with Gasteiger partial charge in [-0.3, -0.25) is 4.79 Å². The third-order valence-electron chi connectivity index (χ3n) is 2.22. The highest BCUT2D eigenvalue weighted by Gasteiger charge is 2.13. The molecule has 0 bridgehead atoms. The smallest absolute Gasteiger partial charge is 0.233 e. The molecule has 0 aliphatic heterocycles. The quantitative estimate of drug-likeness (QED) is 0.876. The lowest BCUT2D eigenvalue weighted by Crippen LogP contribution is -2.14. The summed E-state index contributed by atoms with van der Waals surface area (Å²) in [5.41, 5.74) is 0.731. The molecule has 1 N–H and O–H groups in total. The van der Waals surface area contributed by atoms with Gasteiger partial charge in [-0.05, 0) is 13.8 Å². The van der Waals surface area contributed by atoms with Gasteiger partial charge in [0, 0.05) is 13.0 Å². The lowest BCUT2D eigenvalue weighted by molar-refractivity contribution is -0.115. The number of hydrogen-bond donors (Lipinski definition) is 1. The van der Waals surface area contributed by atoms with E-state index in [9.17, 15) is 4.79 Å². The molecule has 2 aromatic rings. The van der Waals surface area contributed by atoms with E-state index in [1.807, 2.05) is 0 Å². The lowest BCUT2D eigenvalue weighted by Gasteiger charge is -1.98. The molecule has 0 aliphatic rings. The molecule has 0 aliphatic carbocycles. The number of oxazole rings is 1. The maximum Gasteiger partial charge on any atom is 0.233 e. The Morgan fingerprint density at radius 3 is 2.71 bits per heavy atom. The van der Waals surface area contributed by atoms with E-state index in [2.05, 4.69) is 15.5 Å². The Morgan fingerprint density at radius 1 is 1.41 bits per heavy atom. The van der Waals surface area contributed by atoms with Gasteiger partial charge < -0.3 is 14.3 Å². The summed E-state index contributed by atoms with van der Waals surface area (Å²) in [6.07, 6.45) is 0.137. The molecule has 1 amide bonds. The second-order valence-electron chi connectivity index (χ2n) is 3.79. The molecular weight excluding hydrogens is 222 g/mol. The molecule has 0 radical (unpaired) electrons. The van der Waals surface area contributed by atoms with Crippen LogP contribution in [0.5, 0.6) is 0 Å². The van der Waals surface area contributed by atoms with Crippen LogP contribution in [-0.4, -0.2) is 16.0 Å². The number of aromatic nitrogens is 2. The summed E-state index contributed by atoms with van der Waals surface area (Å²) < 4.78 is 10.2. The van der Waals surface area contributed by atoms with Gasteiger partial charge in [-0.25, -0.2) is 4.98 Å². The summed E-state index contributed by atoms with van der Waals surface area (Å²) in [6.45, 7) is 5.31. The maximum atomic E-state index is 11.7. The summed E-state index contributed by atoms with van der Waals surface area (Å²) in [4.78, 5) is 15.8. The van der Waals surface area contributed by atoms with Crippen LogP contribution in [0, 0.1) is 20.8 Å². The Bertz CT molecular complexity index is 542. The molecule has 0 fully saturated rings. The average molecular weight is 235 g/mol. The molecular formula is C11H13N3O3. The summed E-state index contributed by atoms with van der Waals surface area (Å²) in [5, 5.41) is 6.29. The predicted molar refractivity (Wildman–Crippen MR) is 59.6 cm³/mol. The normalized spacial score (nSPS) is 10.5. The lowest BCUT2D eigenvalue weighted by atomic mass is 10.2. The second-order valence-corrected chi connectivity index (χ2v) is 3.79. The van der Waals surface area contributed by atoms with Gasteiger partial charge >= 0.3 is 0 Å². The van der Waals surface area contributed by atoms with Crippen LogP contribution in [0.25, 0.3) is 0 Å². The first-order chi connectivity index (χ1) is 8.04. The number of rotatable bonds is 3. The molecule has 0 atom stereocenters. The number of carbonyl (C=O) groups is 1. The molecule has 17 heavy (non-hydrogen) atoms. The Labute approximate surface area is 98.0 Å². The van der Waals surface area contributed by atoms with Crippen molar-refractivity contribution in [1.29, 1.82) is 0 Å². The van der Waals surface area contributed by atoms with E-state index in [0.29, 0.717) is 23.2 Å². The van der Waals surface area contributed by atoms with Crippen LogP contribution in [0.3, 0.4) is 0 Å². The van der Waals surface area contributed by atoms with Crippen molar-refractivity contribution in [3.63, 3.8) is 0 Å². The standard InChI is InChI=1S/C11H13N3O3/c1-6-4-10(14-17-6)13-11(15)5-9-7(2)12-8(3)16-9/h4H,5H2,1-3H3,(H,13,14,15). The van der Waals surface area contributed by atoms with Crippen molar-refractivity contribution in [2.75, 3.05) is 5.32 Å². The maximum absolute atomic E-state index is 11.7. The third-order valence-corrected chi connectivity index (χ3v) is 2.22. The van der Waals surface area contributed by atoms with Crippen molar-refractivity contribution in [2.24, 2.45) is 0 Å². The number of nitrogens with zero attached hydrogens (tertiary/aromatic N) is 2. The van der Waals surface area contributed by atoms with Crippen molar-refractivity contribution in [3.05, 3.63) is 29.2 Å². The Hall–Kier alpha value is -2.11. The first-order valence-corrected chi connectivity index (χ1v) is 5.20. The van der Waals surface area contributed by atoms with Crippen LogP contribution in [0.4, 0.5) is 5.82 Å². The van der Waals surface area contributed by atoms with Gasteiger partial charge in [-0.2, -0.15) is 0 Å². The number of hydrogen-bond acceptors (Lipinski definition) is 5. The minimum absolute atomic E-state index is 0.137. The van der Waals surface area contributed by atoms with E-state index >= 15 is 0 Å². The molecule has 2 rings (SSSR count). The first-order valence-electron chi connectivity index (χ1n) is 5.20. The van der Waals surface area contributed by atoms with E-state index in [-0.39, 0.29) is 12.3 Å². The van der Waals surface area contributed by atoms with E-state index in [0.717, 1.165) is 5.69 Å². The van der Waals surface area contributed by atoms with Gasteiger partial charge in [0.25, 0.3) is 0 Å². The first kappa shape index (κ1) is 11.4. The van der Waals surface area contributed by atoms with Crippen LogP contribution in [0.15, 0.2) is 15.0 Å². The van der Waals surface area contributed by atoms with Crippen molar-refractivity contribution in [2.45, 2.75) is 27.2 Å². The minimum atomic E-state index is -0.211. The van der Waals surface area contributed by atoms with Crippen LogP contribution in [-0.2, 0) is 11.2 Å². The van der Waals surface area contributed by atoms with Crippen LogP contribution >= 0.6 is 0 Å².